The Morgan fingerprint density at radius 3 is 2.53 bits per heavy atom. The van der Waals surface area contributed by atoms with Gasteiger partial charge in [-0.2, -0.15) is 5.26 Å². The van der Waals surface area contributed by atoms with Crippen LogP contribution in [0.1, 0.15) is 23.6 Å². The largest absolute Gasteiger partial charge is 0.490 e. The smallest absolute Gasteiger partial charge is 0.175 e. The van der Waals surface area contributed by atoms with Gasteiger partial charge in [-0.1, -0.05) is 57.9 Å². The van der Waals surface area contributed by atoms with Crippen LogP contribution in [0, 0.1) is 14.9 Å². The van der Waals surface area contributed by atoms with Gasteiger partial charge >= 0.3 is 0 Å². The summed E-state index contributed by atoms with van der Waals surface area (Å²) >= 11 is 11.9. The molecule has 0 heterocycles. The molecule has 0 saturated heterocycles. The molecule has 152 valence electrons. The lowest BCUT2D eigenvalue weighted by molar-refractivity contribution is 0.267. The van der Waals surface area contributed by atoms with Crippen molar-refractivity contribution in [2.45, 2.75) is 13.5 Å². The van der Waals surface area contributed by atoms with Gasteiger partial charge in [0.05, 0.1) is 21.8 Å². The third-order valence-electron chi connectivity index (χ3n) is 4.25. The van der Waals surface area contributed by atoms with Crippen LogP contribution in [0.15, 0.2) is 65.1 Å². The Bertz CT molecular complexity index is 1110. The van der Waals surface area contributed by atoms with Gasteiger partial charge in [-0.25, -0.2) is 0 Å². The molecule has 0 amide bonds. The van der Waals surface area contributed by atoms with E-state index in [0.717, 1.165) is 24.7 Å². The van der Waals surface area contributed by atoms with Crippen LogP contribution in [0.2, 0.25) is 5.02 Å². The lowest BCUT2D eigenvalue weighted by atomic mass is 10.0. The van der Waals surface area contributed by atoms with Gasteiger partial charge < -0.3 is 9.47 Å². The van der Waals surface area contributed by atoms with Crippen molar-refractivity contribution < 1.29 is 9.47 Å². The van der Waals surface area contributed by atoms with Crippen molar-refractivity contribution in [3.63, 3.8) is 0 Å². The molecule has 0 radical (unpaired) electrons. The molecule has 3 rings (SSSR count). The normalized spacial score (nSPS) is 11.1. The first kappa shape index (κ1) is 22.7. The van der Waals surface area contributed by atoms with Crippen molar-refractivity contribution in [3.8, 4) is 17.6 Å². The molecule has 3 nitrogen and oxygen atoms in total. The number of hydrogen-bond donors (Lipinski definition) is 0. The second-order valence-electron chi connectivity index (χ2n) is 6.32. The lowest BCUT2D eigenvalue weighted by Gasteiger charge is -2.15. The van der Waals surface area contributed by atoms with E-state index >= 15 is 0 Å². The minimum absolute atomic E-state index is 0.341. The van der Waals surface area contributed by atoms with E-state index in [-0.39, 0.29) is 0 Å². The van der Waals surface area contributed by atoms with Crippen LogP contribution in [0.25, 0.3) is 11.6 Å². The number of hydrogen-bond acceptors (Lipinski definition) is 3. The summed E-state index contributed by atoms with van der Waals surface area (Å²) in [6, 6.07) is 21.4. The van der Waals surface area contributed by atoms with E-state index in [4.69, 9.17) is 21.1 Å². The topological polar surface area (TPSA) is 42.2 Å². The molecule has 6 heteroatoms. The molecule has 0 aliphatic heterocycles. The Hall–Kier alpha value is -2.01. The number of allylic oxidation sites excluding steroid dienone is 1. The Kier molecular flexibility index (Phi) is 8.20. The summed E-state index contributed by atoms with van der Waals surface area (Å²) in [6.07, 6.45) is 1.85. The highest BCUT2D eigenvalue weighted by molar-refractivity contribution is 14.1. The summed E-state index contributed by atoms with van der Waals surface area (Å²) in [4.78, 5) is 0. The first-order valence-electron chi connectivity index (χ1n) is 9.22. The zero-order valence-corrected chi connectivity index (χ0v) is 20.7. The minimum Gasteiger partial charge on any atom is -0.490 e. The van der Waals surface area contributed by atoms with E-state index < -0.39 is 0 Å². The summed E-state index contributed by atoms with van der Waals surface area (Å²) in [5.41, 5.74) is 3.20. The fourth-order valence-corrected chi connectivity index (χ4v) is 4.05. The van der Waals surface area contributed by atoms with Crippen molar-refractivity contribution in [2.24, 2.45) is 0 Å². The highest BCUT2D eigenvalue weighted by atomic mass is 127. The van der Waals surface area contributed by atoms with Crippen LogP contribution in [0.5, 0.6) is 11.5 Å². The molecule has 0 atom stereocenters. The first-order valence-corrected chi connectivity index (χ1v) is 11.5. The van der Waals surface area contributed by atoms with E-state index in [1.54, 1.807) is 0 Å². The van der Waals surface area contributed by atoms with Crippen LogP contribution < -0.4 is 9.47 Å². The van der Waals surface area contributed by atoms with Crippen LogP contribution in [-0.4, -0.2) is 6.61 Å². The molecular formula is C24H18BrClINO2. The molecule has 0 aliphatic carbocycles. The predicted octanol–water partition coefficient (Wildman–Crippen LogP) is 7.75. The van der Waals surface area contributed by atoms with Crippen LogP contribution in [0.4, 0.5) is 0 Å². The van der Waals surface area contributed by atoms with Gasteiger partial charge in [0.25, 0.3) is 0 Å². The molecule has 0 unspecified atom stereocenters. The molecule has 0 aliphatic rings. The zero-order chi connectivity index (χ0) is 21.5. The molecule has 0 N–H and O–H groups in total. The van der Waals surface area contributed by atoms with E-state index in [2.05, 4.69) is 44.6 Å². The van der Waals surface area contributed by atoms with E-state index in [9.17, 15) is 5.26 Å². The molecule has 30 heavy (non-hydrogen) atoms. The fraction of sp³-hybridized carbons (Fsp3) is 0.125. The van der Waals surface area contributed by atoms with Gasteiger partial charge in [0.15, 0.2) is 11.5 Å². The molecule has 0 aromatic heterocycles. The highest BCUT2D eigenvalue weighted by Gasteiger charge is 2.13. The second kappa shape index (κ2) is 10.9. The van der Waals surface area contributed by atoms with Crippen LogP contribution >= 0.6 is 50.1 Å². The molecule has 3 aromatic rings. The SMILES string of the molecule is CCOc1cc(/C=C(/C#N)c2ccc(Br)cc2)cc(I)c1OCc1ccccc1Cl. The molecule has 0 fully saturated rings. The maximum Gasteiger partial charge on any atom is 0.175 e. The van der Waals surface area contributed by atoms with Crippen molar-refractivity contribution >= 4 is 61.8 Å². The Balaban J connectivity index is 1.93. The maximum absolute atomic E-state index is 9.64. The molecule has 0 bridgehead atoms. The van der Waals surface area contributed by atoms with Crippen molar-refractivity contribution in [1.82, 2.24) is 0 Å². The van der Waals surface area contributed by atoms with Crippen molar-refractivity contribution in [2.75, 3.05) is 6.61 Å². The first-order chi connectivity index (χ1) is 14.5. The molecule has 0 spiro atoms. The van der Waals surface area contributed by atoms with E-state index in [0.29, 0.717) is 35.3 Å². The van der Waals surface area contributed by atoms with Crippen molar-refractivity contribution in [1.29, 1.82) is 5.26 Å². The summed E-state index contributed by atoms with van der Waals surface area (Å²) in [7, 11) is 0. The van der Waals surface area contributed by atoms with Crippen LogP contribution in [-0.2, 0) is 6.61 Å². The molecular weight excluding hydrogens is 577 g/mol. The summed E-state index contributed by atoms with van der Waals surface area (Å²) in [5, 5.41) is 10.3. The van der Waals surface area contributed by atoms with Gasteiger partial charge in [-0.3, -0.25) is 0 Å². The number of nitrogens with zero attached hydrogens (tertiary/aromatic N) is 1. The van der Waals surface area contributed by atoms with Gasteiger partial charge in [-0.15, -0.1) is 0 Å². The van der Waals surface area contributed by atoms with Gasteiger partial charge in [-0.05, 0) is 77.0 Å². The lowest BCUT2D eigenvalue weighted by Crippen LogP contribution is -2.02. The maximum atomic E-state index is 9.64. The Morgan fingerprint density at radius 2 is 1.87 bits per heavy atom. The monoisotopic (exact) mass is 593 g/mol. The molecule has 0 saturated carbocycles. The number of rotatable bonds is 7. The fourth-order valence-electron chi connectivity index (χ4n) is 2.82. The number of halogens is 3. The summed E-state index contributed by atoms with van der Waals surface area (Å²) in [6.45, 7) is 2.77. The number of benzene rings is 3. The standard InChI is InChI=1S/C24H18BrClINO2/c1-2-29-23-13-16(11-19(14-28)17-7-9-20(25)10-8-17)12-22(27)24(23)30-15-18-5-3-4-6-21(18)26/h3-13H,2,15H2,1H3/b19-11-. The third kappa shape index (κ3) is 5.78. The van der Waals surface area contributed by atoms with Gasteiger partial charge in [0.2, 0.25) is 0 Å². The second-order valence-corrected chi connectivity index (χ2v) is 8.80. The predicted molar refractivity (Wildman–Crippen MR) is 134 cm³/mol. The Labute approximate surface area is 203 Å². The Morgan fingerprint density at radius 1 is 1.13 bits per heavy atom. The molecule has 3 aromatic carbocycles. The van der Waals surface area contributed by atoms with Crippen LogP contribution in [0.3, 0.4) is 0 Å². The zero-order valence-electron chi connectivity index (χ0n) is 16.2. The summed E-state index contributed by atoms with van der Waals surface area (Å²) in [5.74, 6) is 1.30. The van der Waals surface area contributed by atoms with E-state index in [1.165, 1.54) is 0 Å². The van der Waals surface area contributed by atoms with Gasteiger partial charge in [0.1, 0.15) is 6.61 Å². The quantitative estimate of drug-likeness (QED) is 0.160. The average molecular weight is 595 g/mol. The van der Waals surface area contributed by atoms with Crippen molar-refractivity contribution in [3.05, 3.63) is 90.4 Å². The third-order valence-corrected chi connectivity index (χ3v) is 5.95. The number of nitriles is 1. The number of ether oxygens (including phenoxy) is 2. The summed E-state index contributed by atoms with van der Waals surface area (Å²) < 4.78 is 13.8. The highest BCUT2D eigenvalue weighted by Crippen LogP contribution is 2.36. The average Bonchev–Trinajstić information content (AvgIpc) is 2.73. The van der Waals surface area contributed by atoms with Gasteiger partial charge in [0, 0.05) is 15.1 Å². The minimum atomic E-state index is 0.341. The van der Waals surface area contributed by atoms with E-state index in [1.807, 2.05) is 73.7 Å².